The molecule has 0 amide bonds. The molecule has 1 aliphatic rings. The van der Waals surface area contributed by atoms with Crippen LogP contribution in [0.4, 0.5) is 5.69 Å². The van der Waals surface area contributed by atoms with Crippen molar-refractivity contribution in [3.05, 3.63) is 41.3 Å². The summed E-state index contributed by atoms with van der Waals surface area (Å²) in [6.07, 6.45) is 2.27. The Morgan fingerprint density at radius 1 is 1.35 bits per heavy atom. The molecule has 0 atom stereocenters. The van der Waals surface area contributed by atoms with Gasteiger partial charge in [-0.2, -0.15) is 0 Å². The van der Waals surface area contributed by atoms with Crippen molar-refractivity contribution in [1.29, 1.82) is 0 Å². The maximum Gasteiger partial charge on any atom is 0.162 e. The third-order valence-corrected chi connectivity index (χ3v) is 3.31. The van der Waals surface area contributed by atoms with E-state index in [1.165, 1.54) is 12.0 Å². The molecule has 5 nitrogen and oxygen atoms in total. The summed E-state index contributed by atoms with van der Waals surface area (Å²) in [5.41, 5.74) is 3.19. The fourth-order valence-electron chi connectivity index (χ4n) is 2.38. The summed E-state index contributed by atoms with van der Waals surface area (Å²) < 4.78 is 16.0. The summed E-state index contributed by atoms with van der Waals surface area (Å²) in [5, 5.41) is 7.37. The predicted molar refractivity (Wildman–Crippen MR) is 74.8 cm³/mol. The van der Waals surface area contributed by atoms with Gasteiger partial charge in [-0.1, -0.05) is 17.3 Å². The lowest BCUT2D eigenvalue weighted by atomic mass is 10.0. The van der Waals surface area contributed by atoms with Gasteiger partial charge < -0.3 is 19.3 Å². The third-order valence-electron chi connectivity index (χ3n) is 3.31. The Morgan fingerprint density at radius 2 is 2.30 bits per heavy atom. The molecule has 0 unspecified atom stereocenters. The summed E-state index contributed by atoms with van der Waals surface area (Å²) in [5.74, 6) is 1.58. The standard InChI is InChI=1S/C15H18N2O3/c1-18-10-13-8-12(17-20-13)9-19-14-6-2-4-11-5-3-7-16-15(11)14/h2,4,6,8,16H,3,5,7,9-10H2,1H3. The molecular formula is C15H18N2O3. The van der Waals surface area contributed by atoms with Crippen LogP contribution in [0, 0.1) is 0 Å². The summed E-state index contributed by atoms with van der Waals surface area (Å²) in [7, 11) is 1.63. The number of para-hydroxylation sites is 1. The predicted octanol–water partition coefficient (Wildman–Crippen LogP) is 2.76. The van der Waals surface area contributed by atoms with E-state index in [0.29, 0.717) is 19.0 Å². The zero-order valence-corrected chi connectivity index (χ0v) is 11.5. The van der Waals surface area contributed by atoms with Crippen molar-refractivity contribution in [3.8, 4) is 5.75 Å². The highest BCUT2D eigenvalue weighted by Gasteiger charge is 2.14. The summed E-state index contributed by atoms with van der Waals surface area (Å²) in [6.45, 7) is 1.82. The number of hydrogen-bond acceptors (Lipinski definition) is 5. The Balaban J connectivity index is 1.68. The average Bonchev–Trinajstić information content (AvgIpc) is 2.93. The number of anilines is 1. The van der Waals surface area contributed by atoms with E-state index in [1.807, 2.05) is 18.2 Å². The number of aryl methyl sites for hydroxylation is 1. The lowest BCUT2D eigenvalue weighted by Gasteiger charge is -2.20. The quantitative estimate of drug-likeness (QED) is 0.908. The maximum absolute atomic E-state index is 5.86. The van der Waals surface area contributed by atoms with Gasteiger partial charge >= 0.3 is 0 Å². The molecule has 1 aromatic heterocycles. The van der Waals surface area contributed by atoms with Gasteiger partial charge in [-0.25, -0.2) is 0 Å². The average molecular weight is 274 g/mol. The number of fused-ring (bicyclic) bond motifs is 1. The Bertz CT molecular complexity index is 580. The van der Waals surface area contributed by atoms with Crippen molar-refractivity contribution in [2.24, 2.45) is 0 Å². The molecule has 2 aromatic rings. The van der Waals surface area contributed by atoms with E-state index >= 15 is 0 Å². The Hall–Kier alpha value is -2.01. The molecule has 0 bridgehead atoms. The van der Waals surface area contributed by atoms with E-state index < -0.39 is 0 Å². The van der Waals surface area contributed by atoms with Gasteiger partial charge in [-0.3, -0.25) is 0 Å². The van der Waals surface area contributed by atoms with Gasteiger partial charge in [0, 0.05) is 19.7 Å². The molecule has 2 heterocycles. The van der Waals surface area contributed by atoms with Crippen LogP contribution in [0.2, 0.25) is 0 Å². The molecule has 1 N–H and O–H groups in total. The van der Waals surface area contributed by atoms with Gasteiger partial charge in [0.2, 0.25) is 0 Å². The van der Waals surface area contributed by atoms with Crippen LogP contribution >= 0.6 is 0 Å². The highest BCUT2D eigenvalue weighted by molar-refractivity contribution is 5.63. The first kappa shape index (κ1) is 13.0. The summed E-state index contributed by atoms with van der Waals surface area (Å²) in [4.78, 5) is 0. The highest BCUT2D eigenvalue weighted by Crippen LogP contribution is 2.32. The second-order valence-electron chi connectivity index (χ2n) is 4.83. The van der Waals surface area contributed by atoms with Crippen LogP contribution in [0.1, 0.15) is 23.4 Å². The summed E-state index contributed by atoms with van der Waals surface area (Å²) in [6, 6.07) is 8.00. The van der Waals surface area contributed by atoms with Crippen LogP contribution in [-0.2, 0) is 24.4 Å². The van der Waals surface area contributed by atoms with Gasteiger partial charge in [0.15, 0.2) is 5.76 Å². The Kier molecular flexibility index (Phi) is 3.87. The second kappa shape index (κ2) is 5.96. The lowest BCUT2D eigenvalue weighted by molar-refractivity contribution is 0.155. The molecule has 0 aliphatic carbocycles. The van der Waals surface area contributed by atoms with Crippen LogP contribution in [0.3, 0.4) is 0 Å². The molecule has 0 saturated carbocycles. The highest BCUT2D eigenvalue weighted by atomic mass is 16.5. The first-order chi connectivity index (χ1) is 9.86. The van der Waals surface area contributed by atoms with Crippen molar-refractivity contribution in [2.45, 2.75) is 26.1 Å². The largest absolute Gasteiger partial charge is 0.485 e. The molecule has 3 rings (SSSR count). The minimum Gasteiger partial charge on any atom is -0.485 e. The zero-order valence-electron chi connectivity index (χ0n) is 11.5. The van der Waals surface area contributed by atoms with Gasteiger partial charge in [0.25, 0.3) is 0 Å². The fourth-order valence-corrected chi connectivity index (χ4v) is 2.38. The molecule has 0 fully saturated rings. The number of rotatable bonds is 5. The molecule has 5 heteroatoms. The van der Waals surface area contributed by atoms with E-state index in [-0.39, 0.29) is 0 Å². The fraction of sp³-hybridized carbons (Fsp3) is 0.400. The van der Waals surface area contributed by atoms with Gasteiger partial charge in [-0.15, -0.1) is 0 Å². The first-order valence-corrected chi connectivity index (χ1v) is 6.79. The van der Waals surface area contributed by atoms with Gasteiger partial charge in [-0.05, 0) is 24.5 Å². The number of nitrogens with one attached hydrogen (secondary N) is 1. The minimum absolute atomic E-state index is 0.394. The van der Waals surface area contributed by atoms with E-state index in [4.69, 9.17) is 14.0 Å². The monoisotopic (exact) mass is 274 g/mol. The maximum atomic E-state index is 5.86. The number of aromatic nitrogens is 1. The van der Waals surface area contributed by atoms with Crippen molar-refractivity contribution in [3.63, 3.8) is 0 Å². The van der Waals surface area contributed by atoms with E-state index in [0.717, 1.165) is 30.1 Å². The molecule has 0 radical (unpaired) electrons. The van der Waals surface area contributed by atoms with Crippen molar-refractivity contribution in [2.75, 3.05) is 19.0 Å². The SMILES string of the molecule is COCc1cc(COc2cccc3c2NCCC3)no1. The van der Waals surface area contributed by atoms with E-state index in [2.05, 4.69) is 16.5 Å². The number of ether oxygens (including phenoxy) is 2. The molecule has 0 saturated heterocycles. The van der Waals surface area contributed by atoms with Crippen LogP contribution in [0.15, 0.2) is 28.8 Å². The molecular weight excluding hydrogens is 256 g/mol. The third kappa shape index (κ3) is 2.77. The molecule has 0 spiro atoms. The summed E-state index contributed by atoms with van der Waals surface area (Å²) >= 11 is 0. The smallest absolute Gasteiger partial charge is 0.162 e. The normalized spacial score (nSPS) is 13.7. The molecule has 106 valence electrons. The number of nitrogens with zero attached hydrogens (tertiary/aromatic N) is 1. The number of methoxy groups -OCH3 is 1. The van der Waals surface area contributed by atoms with Crippen molar-refractivity contribution in [1.82, 2.24) is 5.16 Å². The van der Waals surface area contributed by atoms with Crippen LogP contribution in [-0.4, -0.2) is 18.8 Å². The van der Waals surface area contributed by atoms with Gasteiger partial charge in [0.1, 0.15) is 24.7 Å². The number of benzene rings is 1. The molecule has 1 aromatic carbocycles. The lowest BCUT2D eigenvalue weighted by Crippen LogP contribution is -2.13. The first-order valence-electron chi connectivity index (χ1n) is 6.79. The van der Waals surface area contributed by atoms with Crippen molar-refractivity contribution < 1.29 is 14.0 Å². The van der Waals surface area contributed by atoms with Crippen molar-refractivity contribution >= 4 is 5.69 Å². The second-order valence-corrected chi connectivity index (χ2v) is 4.83. The topological polar surface area (TPSA) is 56.5 Å². The van der Waals surface area contributed by atoms with Gasteiger partial charge in [0.05, 0.1) is 5.69 Å². The Labute approximate surface area is 117 Å². The zero-order chi connectivity index (χ0) is 13.8. The van der Waals surface area contributed by atoms with Crippen LogP contribution < -0.4 is 10.1 Å². The molecule has 1 aliphatic heterocycles. The Morgan fingerprint density at radius 3 is 3.20 bits per heavy atom. The van der Waals surface area contributed by atoms with E-state index in [1.54, 1.807) is 7.11 Å². The van der Waals surface area contributed by atoms with E-state index in [9.17, 15) is 0 Å². The van der Waals surface area contributed by atoms with Crippen LogP contribution in [0.25, 0.3) is 0 Å². The molecule has 20 heavy (non-hydrogen) atoms. The van der Waals surface area contributed by atoms with Crippen LogP contribution in [0.5, 0.6) is 5.75 Å². The number of hydrogen-bond donors (Lipinski definition) is 1. The minimum atomic E-state index is 0.394.